The van der Waals surface area contributed by atoms with Crippen molar-refractivity contribution in [2.75, 3.05) is 39.4 Å². The number of aromatic nitrogens is 1. The summed E-state index contributed by atoms with van der Waals surface area (Å²) in [6, 6.07) is 11.8. The average molecular weight is 407 g/mol. The summed E-state index contributed by atoms with van der Waals surface area (Å²) in [5, 5.41) is 10.9. The van der Waals surface area contributed by atoms with Crippen LogP contribution >= 0.6 is 0 Å². The number of morpholine rings is 1. The van der Waals surface area contributed by atoms with Crippen LogP contribution in [0.3, 0.4) is 0 Å². The van der Waals surface area contributed by atoms with Crippen LogP contribution in [-0.2, 0) is 14.3 Å². The van der Waals surface area contributed by atoms with E-state index in [0.717, 1.165) is 39.3 Å². The number of aliphatic hydroxyl groups excluding tert-OH is 1. The quantitative estimate of drug-likeness (QED) is 0.449. The molecule has 3 heterocycles. The number of hydrogen-bond acceptors (Lipinski definition) is 6. The van der Waals surface area contributed by atoms with E-state index in [1.807, 2.05) is 12.1 Å². The zero-order valence-corrected chi connectivity index (χ0v) is 16.7. The molecule has 1 amide bonds. The maximum absolute atomic E-state index is 12.9. The highest BCUT2D eigenvalue weighted by molar-refractivity contribution is 6.46. The van der Waals surface area contributed by atoms with Crippen molar-refractivity contribution in [3.63, 3.8) is 0 Å². The van der Waals surface area contributed by atoms with Crippen molar-refractivity contribution in [1.82, 2.24) is 14.8 Å². The standard InChI is InChI=1S/C23H25N3O4/c27-21(17-6-2-1-3-7-17)19-20(18-8-4-9-24-16-18)26(23(29)22(19)28)11-5-10-25-12-14-30-15-13-25/h1-4,6-9,16,20,27H,5,10-15H2/t20-/m1/s1. The summed E-state index contributed by atoms with van der Waals surface area (Å²) >= 11 is 0. The number of ketones is 1. The maximum Gasteiger partial charge on any atom is 0.295 e. The fraction of sp³-hybridized carbons (Fsp3) is 0.348. The lowest BCUT2D eigenvalue weighted by Gasteiger charge is -2.29. The number of hydrogen-bond donors (Lipinski definition) is 1. The first-order valence-electron chi connectivity index (χ1n) is 10.2. The van der Waals surface area contributed by atoms with Gasteiger partial charge in [-0.15, -0.1) is 0 Å². The van der Waals surface area contributed by atoms with Crippen molar-refractivity contribution in [3.05, 3.63) is 71.6 Å². The second-order valence-electron chi connectivity index (χ2n) is 7.45. The molecule has 2 fully saturated rings. The third-order valence-corrected chi connectivity index (χ3v) is 5.56. The van der Waals surface area contributed by atoms with E-state index in [1.165, 1.54) is 0 Å². The van der Waals surface area contributed by atoms with Gasteiger partial charge in [0.05, 0.1) is 24.8 Å². The Morgan fingerprint density at radius 2 is 1.83 bits per heavy atom. The molecule has 2 aliphatic rings. The maximum atomic E-state index is 12.9. The number of ether oxygens (including phenoxy) is 1. The highest BCUT2D eigenvalue weighted by Crippen LogP contribution is 2.39. The number of rotatable bonds is 6. The molecular formula is C23H25N3O4. The van der Waals surface area contributed by atoms with Crippen LogP contribution in [0.15, 0.2) is 60.4 Å². The minimum absolute atomic E-state index is 0.116. The summed E-state index contributed by atoms with van der Waals surface area (Å²) in [6.07, 6.45) is 4.02. The van der Waals surface area contributed by atoms with E-state index in [1.54, 1.807) is 47.6 Å². The van der Waals surface area contributed by atoms with Crippen LogP contribution in [0.1, 0.15) is 23.6 Å². The molecule has 156 valence electrons. The van der Waals surface area contributed by atoms with Gasteiger partial charge < -0.3 is 14.7 Å². The smallest absolute Gasteiger partial charge is 0.295 e. The zero-order valence-electron chi connectivity index (χ0n) is 16.7. The van der Waals surface area contributed by atoms with Crippen LogP contribution in [0.4, 0.5) is 0 Å². The molecule has 1 atom stereocenters. The summed E-state index contributed by atoms with van der Waals surface area (Å²) in [5.41, 5.74) is 1.34. The average Bonchev–Trinajstić information content (AvgIpc) is 3.05. The molecule has 2 aromatic rings. The second-order valence-corrected chi connectivity index (χ2v) is 7.45. The van der Waals surface area contributed by atoms with Crippen molar-refractivity contribution in [2.45, 2.75) is 12.5 Å². The largest absolute Gasteiger partial charge is 0.507 e. The summed E-state index contributed by atoms with van der Waals surface area (Å²) < 4.78 is 5.38. The molecule has 7 nitrogen and oxygen atoms in total. The minimum Gasteiger partial charge on any atom is -0.507 e. The summed E-state index contributed by atoms with van der Waals surface area (Å²) in [7, 11) is 0. The number of likely N-dealkylation sites (tertiary alicyclic amines) is 1. The Kier molecular flexibility index (Phi) is 6.21. The van der Waals surface area contributed by atoms with Gasteiger partial charge in [-0.1, -0.05) is 36.4 Å². The van der Waals surface area contributed by atoms with E-state index in [9.17, 15) is 14.7 Å². The number of Topliss-reactive ketones (excluding diaryl/α,β-unsaturated/α-hetero) is 1. The lowest BCUT2D eigenvalue weighted by atomic mass is 9.96. The summed E-state index contributed by atoms with van der Waals surface area (Å²) in [6.45, 7) is 4.43. The van der Waals surface area contributed by atoms with Crippen LogP contribution in [0, 0.1) is 0 Å². The molecule has 2 aliphatic heterocycles. The van der Waals surface area contributed by atoms with Gasteiger partial charge in [-0.3, -0.25) is 19.5 Å². The number of amides is 1. The third-order valence-electron chi connectivity index (χ3n) is 5.56. The molecule has 0 spiro atoms. The van der Waals surface area contributed by atoms with Gasteiger partial charge in [0, 0.05) is 44.1 Å². The summed E-state index contributed by atoms with van der Waals surface area (Å²) in [4.78, 5) is 33.8. The van der Waals surface area contributed by atoms with Gasteiger partial charge in [-0.25, -0.2) is 0 Å². The summed E-state index contributed by atoms with van der Waals surface area (Å²) in [5.74, 6) is -1.39. The predicted octanol–water partition coefficient (Wildman–Crippen LogP) is 2.23. The molecule has 0 bridgehead atoms. The number of aliphatic hydroxyl groups is 1. The number of carbonyl (C=O) groups excluding carboxylic acids is 2. The van der Waals surface area contributed by atoms with Gasteiger partial charge >= 0.3 is 0 Å². The predicted molar refractivity (Wildman–Crippen MR) is 112 cm³/mol. The van der Waals surface area contributed by atoms with E-state index < -0.39 is 17.7 Å². The SMILES string of the molecule is O=C1C(=O)N(CCCN2CCOCC2)[C@H](c2cccnc2)C1=C(O)c1ccccc1. The van der Waals surface area contributed by atoms with Gasteiger partial charge in [-0.05, 0) is 18.1 Å². The monoisotopic (exact) mass is 407 g/mol. The Labute approximate surface area is 175 Å². The van der Waals surface area contributed by atoms with Crippen LogP contribution < -0.4 is 0 Å². The molecule has 1 aromatic carbocycles. The van der Waals surface area contributed by atoms with Crippen molar-refractivity contribution in [1.29, 1.82) is 0 Å². The number of pyridine rings is 1. The van der Waals surface area contributed by atoms with Crippen molar-refractivity contribution >= 4 is 17.4 Å². The second kappa shape index (κ2) is 9.19. The fourth-order valence-electron chi connectivity index (χ4n) is 4.04. The first-order chi connectivity index (χ1) is 14.7. The Balaban J connectivity index is 1.63. The topological polar surface area (TPSA) is 83.0 Å². The van der Waals surface area contributed by atoms with Crippen LogP contribution in [0.5, 0.6) is 0 Å². The van der Waals surface area contributed by atoms with Crippen molar-refractivity contribution in [2.24, 2.45) is 0 Å². The molecule has 30 heavy (non-hydrogen) atoms. The Hall–Kier alpha value is -3.03. The number of carbonyl (C=O) groups is 2. The van der Waals surface area contributed by atoms with Crippen LogP contribution in [0.2, 0.25) is 0 Å². The van der Waals surface area contributed by atoms with Gasteiger partial charge in [-0.2, -0.15) is 0 Å². The van der Waals surface area contributed by atoms with Gasteiger partial charge in [0.15, 0.2) is 0 Å². The molecule has 1 N–H and O–H groups in total. The molecule has 0 saturated carbocycles. The molecule has 2 saturated heterocycles. The van der Waals surface area contributed by atoms with E-state index in [-0.39, 0.29) is 11.3 Å². The molecular weight excluding hydrogens is 382 g/mol. The first kappa shape index (κ1) is 20.3. The van der Waals surface area contributed by atoms with Crippen molar-refractivity contribution in [3.8, 4) is 0 Å². The van der Waals surface area contributed by atoms with Gasteiger partial charge in [0.1, 0.15) is 5.76 Å². The molecule has 0 aliphatic carbocycles. The zero-order chi connectivity index (χ0) is 20.9. The van der Waals surface area contributed by atoms with Crippen LogP contribution in [-0.4, -0.2) is 71.0 Å². The van der Waals surface area contributed by atoms with Crippen molar-refractivity contribution < 1.29 is 19.4 Å². The van der Waals surface area contributed by atoms with Crippen LogP contribution in [0.25, 0.3) is 5.76 Å². The third kappa shape index (κ3) is 4.13. The first-order valence-corrected chi connectivity index (χ1v) is 10.2. The number of nitrogens with zero attached hydrogens (tertiary/aromatic N) is 3. The Morgan fingerprint density at radius 1 is 1.07 bits per heavy atom. The number of benzene rings is 1. The minimum atomic E-state index is -0.656. The molecule has 0 radical (unpaired) electrons. The van der Waals surface area contributed by atoms with E-state index >= 15 is 0 Å². The highest BCUT2D eigenvalue weighted by atomic mass is 16.5. The molecule has 4 rings (SSSR count). The van der Waals surface area contributed by atoms with Gasteiger partial charge in [0.25, 0.3) is 11.7 Å². The Morgan fingerprint density at radius 3 is 2.53 bits per heavy atom. The molecule has 0 unspecified atom stereocenters. The fourth-order valence-corrected chi connectivity index (χ4v) is 4.04. The lowest BCUT2D eigenvalue weighted by molar-refractivity contribution is -0.140. The van der Waals surface area contributed by atoms with Gasteiger partial charge in [0.2, 0.25) is 0 Å². The lowest BCUT2D eigenvalue weighted by Crippen LogP contribution is -2.39. The highest BCUT2D eigenvalue weighted by Gasteiger charge is 2.45. The van der Waals surface area contributed by atoms with E-state index in [0.29, 0.717) is 17.7 Å². The normalized spacial score (nSPS) is 21.9. The van der Waals surface area contributed by atoms with E-state index in [2.05, 4.69) is 9.88 Å². The Bertz CT molecular complexity index is 924. The molecule has 1 aromatic heterocycles. The molecule has 7 heteroatoms. The van der Waals surface area contributed by atoms with E-state index in [4.69, 9.17) is 4.74 Å².